The maximum absolute atomic E-state index is 11.7. The third kappa shape index (κ3) is 6.77. The largest absolute Gasteiger partial charge is 0.444 e. The first-order valence-corrected chi connectivity index (χ1v) is 7.54. The molecule has 3 N–H and O–H groups in total. The van der Waals surface area contributed by atoms with Crippen molar-refractivity contribution < 1.29 is 19.1 Å². The van der Waals surface area contributed by atoms with Crippen LogP contribution in [0.2, 0.25) is 0 Å². The van der Waals surface area contributed by atoms with Crippen LogP contribution in [-0.4, -0.2) is 36.6 Å². The minimum Gasteiger partial charge on any atom is -0.444 e. The Morgan fingerprint density at radius 2 is 2.05 bits per heavy atom. The molecule has 0 aliphatic heterocycles. The number of furan rings is 1. The third-order valence-corrected chi connectivity index (χ3v) is 3.41. The molecule has 1 rings (SSSR count). The Balaban J connectivity index is 2.29. The van der Waals surface area contributed by atoms with Crippen molar-refractivity contribution in [1.29, 1.82) is 0 Å². The lowest BCUT2D eigenvalue weighted by molar-refractivity contribution is -0.120. The van der Waals surface area contributed by atoms with Gasteiger partial charge in [0.25, 0.3) is 5.91 Å². The lowest BCUT2D eigenvalue weighted by Gasteiger charge is -2.24. The highest BCUT2D eigenvalue weighted by atomic mass is 79.9. The second-order valence-corrected chi connectivity index (χ2v) is 6.34. The maximum Gasteiger partial charge on any atom is 0.287 e. The maximum atomic E-state index is 11.7. The van der Waals surface area contributed by atoms with Crippen molar-refractivity contribution in [2.45, 2.75) is 26.7 Å². The van der Waals surface area contributed by atoms with E-state index in [2.05, 4.69) is 26.6 Å². The van der Waals surface area contributed by atoms with Crippen LogP contribution in [0.3, 0.4) is 0 Å². The number of aliphatic hydroxyl groups excluding tert-OH is 1. The van der Waals surface area contributed by atoms with Crippen molar-refractivity contribution in [2.75, 3.05) is 19.7 Å². The number of hydrogen-bond acceptors (Lipinski definition) is 4. The molecule has 0 bridgehead atoms. The average molecular weight is 361 g/mol. The molecule has 21 heavy (non-hydrogen) atoms. The predicted molar refractivity (Wildman–Crippen MR) is 81.9 cm³/mol. The van der Waals surface area contributed by atoms with Gasteiger partial charge in [0, 0.05) is 13.2 Å². The van der Waals surface area contributed by atoms with Gasteiger partial charge in [0.1, 0.15) is 0 Å². The summed E-state index contributed by atoms with van der Waals surface area (Å²) in [7, 11) is 0. The van der Waals surface area contributed by atoms with Gasteiger partial charge in [-0.05, 0) is 46.3 Å². The molecule has 0 aliphatic carbocycles. The number of rotatable bonds is 8. The van der Waals surface area contributed by atoms with Crippen LogP contribution >= 0.6 is 15.9 Å². The highest BCUT2D eigenvalue weighted by molar-refractivity contribution is 9.10. The fourth-order valence-corrected chi connectivity index (χ4v) is 2.04. The highest BCUT2D eigenvalue weighted by Crippen LogP contribution is 2.20. The highest BCUT2D eigenvalue weighted by Gasteiger charge is 2.18. The van der Waals surface area contributed by atoms with Gasteiger partial charge in [0.2, 0.25) is 5.91 Å². The van der Waals surface area contributed by atoms with Gasteiger partial charge in [-0.25, -0.2) is 0 Å². The Morgan fingerprint density at radius 1 is 1.33 bits per heavy atom. The van der Waals surface area contributed by atoms with Crippen LogP contribution in [0.4, 0.5) is 0 Å². The summed E-state index contributed by atoms with van der Waals surface area (Å²) in [5.74, 6) is -0.542. The molecule has 0 unspecified atom stereocenters. The Labute approximate surface area is 132 Å². The molecule has 0 saturated heterocycles. The fourth-order valence-electron chi connectivity index (χ4n) is 1.73. The van der Waals surface area contributed by atoms with E-state index >= 15 is 0 Å². The van der Waals surface area contributed by atoms with Gasteiger partial charge in [-0.1, -0.05) is 13.8 Å². The standard InChI is InChI=1S/C14H21BrN2O4/c1-14(2,6-3-7-18)9-17-12(19)8-16-13(20)10-4-5-11(15)21-10/h4-5,18H,3,6-9H2,1-2H3,(H,16,20)(H,17,19). The van der Waals surface area contributed by atoms with Crippen molar-refractivity contribution in [3.63, 3.8) is 0 Å². The quantitative estimate of drug-likeness (QED) is 0.657. The Hall–Kier alpha value is -1.34. The molecule has 0 fully saturated rings. The monoisotopic (exact) mass is 360 g/mol. The van der Waals surface area contributed by atoms with Crippen LogP contribution in [0.5, 0.6) is 0 Å². The summed E-state index contributed by atoms with van der Waals surface area (Å²) >= 11 is 3.10. The lowest BCUT2D eigenvalue weighted by Crippen LogP contribution is -2.40. The summed E-state index contributed by atoms with van der Waals surface area (Å²) in [5, 5.41) is 14.1. The fraction of sp³-hybridized carbons (Fsp3) is 0.571. The van der Waals surface area contributed by atoms with E-state index in [1.54, 1.807) is 6.07 Å². The molecule has 7 heteroatoms. The zero-order valence-corrected chi connectivity index (χ0v) is 13.8. The lowest BCUT2D eigenvalue weighted by atomic mass is 9.88. The smallest absolute Gasteiger partial charge is 0.287 e. The molecule has 2 amide bonds. The van der Waals surface area contributed by atoms with Crippen LogP contribution < -0.4 is 10.6 Å². The van der Waals surface area contributed by atoms with Crippen molar-refractivity contribution in [2.24, 2.45) is 5.41 Å². The molecule has 6 nitrogen and oxygen atoms in total. The topological polar surface area (TPSA) is 91.6 Å². The molecular weight excluding hydrogens is 340 g/mol. The van der Waals surface area contributed by atoms with Crippen LogP contribution in [0.15, 0.2) is 21.2 Å². The third-order valence-electron chi connectivity index (χ3n) is 2.98. The molecular formula is C14H21BrN2O4. The number of nitrogens with one attached hydrogen (secondary N) is 2. The molecule has 0 aliphatic rings. The molecule has 1 aromatic heterocycles. The number of carbonyl (C=O) groups excluding carboxylic acids is 2. The van der Waals surface area contributed by atoms with Gasteiger partial charge in [0.15, 0.2) is 10.4 Å². The van der Waals surface area contributed by atoms with Gasteiger partial charge in [-0.15, -0.1) is 0 Å². The first kappa shape index (κ1) is 17.7. The van der Waals surface area contributed by atoms with Gasteiger partial charge in [-0.3, -0.25) is 9.59 Å². The first-order chi connectivity index (χ1) is 9.84. The van der Waals surface area contributed by atoms with E-state index in [0.29, 0.717) is 17.6 Å². The molecule has 118 valence electrons. The minimum atomic E-state index is -0.435. The van der Waals surface area contributed by atoms with Crippen LogP contribution in [0.1, 0.15) is 37.2 Å². The van der Waals surface area contributed by atoms with E-state index < -0.39 is 5.91 Å². The molecule has 0 saturated carbocycles. The Bertz CT molecular complexity index is 485. The Morgan fingerprint density at radius 3 is 2.62 bits per heavy atom. The van der Waals surface area contributed by atoms with Gasteiger partial charge in [-0.2, -0.15) is 0 Å². The Kier molecular flexibility index (Phi) is 6.91. The average Bonchev–Trinajstić information content (AvgIpc) is 2.87. The number of aliphatic hydroxyl groups is 1. The summed E-state index contributed by atoms with van der Waals surface area (Å²) in [6, 6.07) is 3.13. The van der Waals surface area contributed by atoms with E-state index in [9.17, 15) is 9.59 Å². The van der Waals surface area contributed by atoms with Crippen LogP contribution in [0, 0.1) is 5.41 Å². The van der Waals surface area contributed by atoms with Crippen LogP contribution in [-0.2, 0) is 4.79 Å². The van der Waals surface area contributed by atoms with Gasteiger partial charge >= 0.3 is 0 Å². The minimum absolute atomic E-state index is 0.0890. The van der Waals surface area contributed by atoms with E-state index in [1.165, 1.54) is 6.07 Å². The van der Waals surface area contributed by atoms with E-state index in [1.807, 2.05) is 13.8 Å². The van der Waals surface area contributed by atoms with Crippen LogP contribution in [0.25, 0.3) is 0 Å². The second-order valence-electron chi connectivity index (χ2n) is 5.55. The summed E-state index contributed by atoms with van der Waals surface area (Å²) in [6.45, 7) is 4.57. The summed E-state index contributed by atoms with van der Waals surface area (Å²) in [4.78, 5) is 23.4. The van der Waals surface area contributed by atoms with Crippen molar-refractivity contribution in [1.82, 2.24) is 10.6 Å². The summed E-state index contributed by atoms with van der Waals surface area (Å²) < 4.78 is 5.55. The molecule has 0 atom stereocenters. The summed E-state index contributed by atoms with van der Waals surface area (Å²) in [5.41, 5.74) is -0.0890. The van der Waals surface area contributed by atoms with E-state index in [4.69, 9.17) is 9.52 Å². The normalized spacial score (nSPS) is 11.2. The predicted octanol–water partition coefficient (Wildman–Crippen LogP) is 1.69. The number of halogens is 1. The van der Waals surface area contributed by atoms with E-state index in [0.717, 1.165) is 6.42 Å². The first-order valence-electron chi connectivity index (χ1n) is 6.75. The van der Waals surface area contributed by atoms with E-state index in [-0.39, 0.29) is 30.2 Å². The molecule has 0 radical (unpaired) electrons. The zero-order valence-electron chi connectivity index (χ0n) is 12.2. The van der Waals surface area contributed by atoms with Crippen molar-refractivity contribution in [3.8, 4) is 0 Å². The number of hydrogen-bond donors (Lipinski definition) is 3. The van der Waals surface area contributed by atoms with Crippen molar-refractivity contribution >= 4 is 27.7 Å². The van der Waals surface area contributed by atoms with Crippen molar-refractivity contribution in [3.05, 3.63) is 22.6 Å². The zero-order chi connectivity index (χ0) is 15.9. The molecule has 1 heterocycles. The summed E-state index contributed by atoms with van der Waals surface area (Å²) in [6.07, 6.45) is 1.52. The molecule has 0 aromatic carbocycles. The second kappa shape index (κ2) is 8.19. The van der Waals surface area contributed by atoms with Gasteiger partial charge < -0.3 is 20.2 Å². The number of carbonyl (C=O) groups is 2. The number of amides is 2. The molecule has 1 aromatic rings. The van der Waals surface area contributed by atoms with Gasteiger partial charge in [0.05, 0.1) is 6.54 Å². The SMILES string of the molecule is CC(C)(CCCO)CNC(=O)CNC(=O)c1ccc(Br)o1. The molecule has 0 spiro atoms.